The summed E-state index contributed by atoms with van der Waals surface area (Å²) in [6, 6.07) is 18.5. The molecule has 0 atom stereocenters. The van der Waals surface area contributed by atoms with Crippen LogP contribution in [0.4, 0.5) is 0 Å². The van der Waals surface area contributed by atoms with Gasteiger partial charge in [0, 0.05) is 17.0 Å². The van der Waals surface area contributed by atoms with Crippen LogP contribution in [0.2, 0.25) is 0 Å². The number of ether oxygens (including phenoxy) is 4. The number of hydrogen-bond acceptors (Lipinski definition) is 4. The lowest BCUT2D eigenvalue weighted by Gasteiger charge is -2.19. The van der Waals surface area contributed by atoms with Gasteiger partial charge in [0.15, 0.2) is 35.7 Å². The minimum Gasteiger partial charge on any atom is -0.493 e. The quantitative estimate of drug-likeness (QED) is 0.313. The molecule has 0 saturated heterocycles. The lowest BCUT2D eigenvalue weighted by Crippen LogP contribution is -2.40. The van der Waals surface area contributed by atoms with E-state index in [0.717, 1.165) is 68.0 Å². The number of benzene rings is 3. The minimum absolute atomic E-state index is 0.455. The topological polar surface area (TPSA) is 40.8 Å². The van der Waals surface area contributed by atoms with Gasteiger partial charge in [-0.25, -0.2) is 0 Å². The van der Waals surface area contributed by atoms with Crippen molar-refractivity contribution in [1.29, 1.82) is 0 Å². The van der Waals surface area contributed by atoms with Gasteiger partial charge in [-0.15, -0.1) is 0 Å². The number of fused-ring (bicyclic) bond motifs is 4. The number of aryl methyl sites for hydroxylation is 2. The fraction of sp³-hybridized carbons (Fsp3) is 0.222. The minimum atomic E-state index is 0.455. The molecule has 33 heavy (non-hydrogen) atoms. The molecule has 0 unspecified atom stereocenters. The molecule has 4 aromatic rings. The van der Waals surface area contributed by atoms with E-state index in [0.29, 0.717) is 6.61 Å². The number of rotatable bonds is 6. The van der Waals surface area contributed by atoms with Crippen LogP contribution in [0.15, 0.2) is 65.3 Å². The van der Waals surface area contributed by atoms with Gasteiger partial charge in [-0.3, -0.25) is 0 Å². The van der Waals surface area contributed by atoms with Crippen molar-refractivity contribution >= 4 is 26.7 Å². The van der Waals surface area contributed by atoms with Crippen LogP contribution in [0.1, 0.15) is 11.1 Å². The maximum Gasteiger partial charge on any atom is 0.213 e. The summed E-state index contributed by atoms with van der Waals surface area (Å²) in [6.07, 6.45) is 3.08. The average Bonchev–Trinajstić information content (AvgIpc) is 2.85. The Balaban J connectivity index is 1.60. The van der Waals surface area contributed by atoms with Crippen molar-refractivity contribution in [3.8, 4) is 34.3 Å². The normalized spacial score (nSPS) is 12.1. The molecule has 0 spiro atoms. The number of halogens is 1. The zero-order valence-electron chi connectivity index (χ0n) is 18.9. The number of nitrogens with zero attached hydrogens (tertiary/aromatic N) is 1. The molecule has 0 bridgehead atoms. The highest BCUT2D eigenvalue weighted by Crippen LogP contribution is 2.40. The Morgan fingerprint density at radius 2 is 1.67 bits per heavy atom. The van der Waals surface area contributed by atoms with E-state index in [1.54, 1.807) is 21.3 Å². The lowest BCUT2D eigenvalue weighted by molar-refractivity contribution is -0.686. The second-order valence-electron chi connectivity index (χ2n) is 7.98. The summed E-state index contributed by atoms with van der Waals surface area (Å²) >= 11 is 3.53. The number of hydrogen-bond donors (Lipinski definition) is 0. The molecule has 0 radical (unpaired) electrons. The van der Waals surface area contributed by atoms with Gasteiger partial charge in [-0.1, -0.05) is 28.1 Å². The summed E-state index contributed by atoms with van der Waals surface area (Å²) in [5.41, 5.74) is 4.65. The van der Waals surface area contributed by atoms with Crippen LogP contribution >= 0.6 is 15.9 Å². The van der Waals surface area contributed by atoms with Gasteiger partial charge < -0.3 is 18.9 Å². The van der Waals surface area contributed by atoms with E-state index in [1.807, 2.05) is 18.2 Å². The third-order valence-electron chi connectivity index (χ3n) is 6.08. The van der Waals surface area contributed by atoms with Crippen LogP contribution in [-0.2, 0) is 19.6 Å². The fourth-order valence-corrected chi connectivity index (χ4v) is 4.87. The molecule has 5 rings (SSSR count). The number of pyridine rings is 1. The van der Waals surface area contributed by atoms with Crippen molar-refractivity contribution in [2.24, 2.45) is 0 Å². The zero-order chi connectivity index (χ0) is 22.9. The van der Waals surface area contributed by atoms with Gasteiger partial charge >= 0.3 is 0 Å². The second kappa shape index (κ2) is 8.94. The summed E-state index contributed by atoms with van der Waals surface area (Å²) in [7, 11) is 5.02. The molecule has 168 valence electrons. The van der Waals surface area contributed by atoms with E-state index in [2.05, 4.69) is 63.1 Å². The van der Waals surface area contributed by atoms with Gasteiger partial charge in [-0.2, -0.15) is 4.57 Å². The molecule has 0 saturated carbocycles. The molecule has 5 nitrogen and oxygen atoms in total. The van der Waals surface area contributed by atoms with Gasteiger partial charge in [-0.05, 0) is 52.9 Å². The predicted octanol–water partition coefficient (Wildman–Crippen LogP) is 5.72. The Labute approximate surface area is 201 Å². The SMILES string of the molecule is COc1cc2c(cc1OC)-c1cc3ccc(OC)c(OCc4cccc(Br)c4)c3c[n+]1CC2. The Morgan fingerprint density at radius 3 is 2.42 bits per heavy atom. The van der Waals surface area contributed by atoms with Crippen LogP contribution < -0.4 is 23.5 Å². The Kier molecular flexibility index (Phi) is 5.85. The van der Waals surface area contributed by atoms with E-state index in [4.69, 9.17) is 18.9 Å². The molecule has 0 fully saturated rings. The standard InChI is InChI=1S/C27H25BrNO4/c1-30-24-8-7-18-12-23-21-14-26(32-3)25(31-2)13-19(21)9-10-29(23)15-22(18)27(24)33-16-17-5-4-6-20(28)11-17/h4-8,11-15H,9-10,16H2,1-3H3/q+1. The molecular formula is C27H25BrNO4+. The van der Waals surface area contributed by atoms with Crippen molar-refractivity contribution in [3.63, 3.8) is 0 Å². The third kappa shape index (κ3) is 4.00. The molecule has 6 heteroatoms. The predicted molar refractivity (Wildman–Crippen MR) is 131 cm³/mol. The highest BCUT2D eigenvalue weighted by atomic mass is 79.9. The maximum atomic E-state index is 6.31. The van der Waals surface area contributed by atoms with Gasteiger partial charge in [0.25, 0.3) is 0 Å². The highest BCUT2D eigenvalue weighted by Gasteiger charge is 2.27. The van der Waals surface area contributed by atoms with Crippen molar-refractivity contribution in [2.45, 2.75) is 19.6 Å². The number of aromatic nitrogens is 1. The first-order valence-corrected chi connectivity index (χ1v) is 11.6. The second-order valence-corrected chi connectivity index (χ2v) is 8.90. The van der Waals surface area contributed by atoms with Gasteiger partial charge in [0.2, 0.25) is 5.69 Å². The molecule has 1 aromatic heterocycles. The van der Waals surface area contributed by atoms with Crippen molar-refractivity contribution < 1.29 is 23.5 Å². The molecule has 2 heterocycles. The van der Waals surface area contributed by atoms with E-state index in [9.17, 15) is 0 Å². The van der Waals surface area contributed by atoms with E-state index in [1.165, 1.54) is 5.56 Å². The lowest BCUT2D eigenvalue weighted by atomic mass is 9.95. The Morgan fingerprint density at radius 1 is 0.879 bits per heavy atom. The monoisotopic (exact) mass is 506 g/mol. The Hall–Kier alpha value is -3.25. The maximum absolute atomic E-state index is 6.31. The number of methoxy groups -OCH3 is 3. The third-order valence-corrected chi connectivity index (χ3v) is 6.57. The van der Waals surface area contributed by atoms with Crippen LogP contribution in [0.5, 0.6) is 23.0 Å². The average molecular weight is 507 g/mol. The first kappa shape index (κ1) is 21.6. The Bertz CT molecular complexity index is 1350. The summed E-state index contributed by atoms with van der Waals surface area (Å²) in [6.45, 7) is 1.33. The van der Waals surface area contributed by atoms with Crippen molar-refractivity contribution in [3.05, 3.63) is 76.4 Å². The summed E-state index contributed by atoms with van der Waals surface area (Å²) in [4.78, 5) is 0. The molecule has 0 aliphatic carbocycles. The van der Waals surface area contributed by atoms with Crippen LogP contribution in [0, 0.1) is 0 Å². The van der Waals surface area contributed by atoms with Crippen LogP contribution in [0.3, 0.4) is 0 Å². The van der Waals surface area contributed by atoms with Gasteiger partial charge in [0.05, 0.1) is 32.3 Å². The van der Waals surface area contributed by atoms with E-state index in [-0.39, 0.29) is 0 Å². The molecule has 3 aromatic carbocycles. The van der Waals surface area contributed by atoms with Crippen LogP contribution in [0.25, 0.3) is 22.0 Å². The molecular weight excluding hydrogens is 482 g/mol. The largest absolute Gasteiger partial charge is 0.493 e. The summed E-state index contributed by atoms with van der Waals surface area (Å²) < 4.78 is 26.3. The first-order valence-electron chi connectivity index (χ1n) is 10.8. The molecule has 0 amide bonds. The summed E-state index contributed by atoms with van der Waals surface area (Å²) in [5.74, 6) is 2.97. The van der Waals surface area contributed by atoms with E-state index >= 15 is 0 Å². The van der Waals surface area contributed by atoms with E-state index < -0.39 is 0 Å². The summed E-state index contributed by atoms with van der Waals surface area (Å²) in [5, 5.41) is 2.12. The van der Waals surface area contributed by atoms with Crippen molar-refractivity contribution in [2.75, 3.05) is 21.3 Å². The molecule has 1 aliphatic heterocycles. The van der Waals surface area contributed by atoms with Gasteiger partial charge in [0.1, 0.15) is 6.61 Å². The smallest absolute Gasteiger partial charge is 0.213 e. The molecule has 1 aliphatic rings. The fourth-order valence-electron chi connectivity index (χ4n) is 4.43. The first-order chi connectivity index (χ1) is 16.1. The zero-order valence-corrected chi connectivity index (χ0v) is 20.4. The highest BCUT2D eigenvalue weighted by molar-refractivity contribution is 9.10. The van der Waals surface area contributed by atoms with Crippen molar-refractivity contribution in [1.82, 2.24) is 0 Å². The van der Waals surface area contributed by atoms with Crippen LogP contribution in [-0.4, -0.2) is 21.3 Å². The molecule has 0 N–H and O–H groups in total.